The summed E-state index contributed by atoms with van der Waals surface area (Å²) in [6, 6.07) is 7.91. The minimum Gasteiger partial charge on any atom is -0.297 e. The molecule has 0 aliphatic heterocycles. The van der Waals surface area contributed by atoms with Gasteiger partial charge in [0.25, 0.3) is 0 Å². The summed E-state index contributed by atoms with van der Waals surface area (Å²) in [6.07, 6.45) is 1.79. The van der Waals surface area contributed by atoms with E-state index in [1.165, 1.54) is 0 Å². The fourth-order valence-electron chi connectivity index (χ4n) is 1.48. The molecule has 1 heterocycles. The first-order valence-electron chi connectivity index (χ1n) is 5.12. The first kappa shape index (κ1) is 9.90. The van der Waals surface area contributed by atoms with E-state index >= 15 is 0 Å². The van der Waals surface area contributed by atoms with Gasteiger partial charge in [0.05, 0.1) is 11.7 Å². The molecular weight excluding hydrogens is 188 g/mol. The lowest BCUT2D eigenvalue weighted by molar-refractivity contribution is -0.122. The molecule has 2 aromatic rings. The fourth-order valence-corrected chi connectivity index (χ4v) is 1.48. The number of aromatic nitrogens is 2. The molecule has 78 valence electrons. The van der Waals surface area contributed by atoms with Crippen LogP contribution in [0.25, 0.3) is 10.9 Å². The number of nitrogens with zero attached hydrogens (tertiary/aromatic N) is 2. The van der Waals surface area contributed by atoms with Crippen LogP contribution in [0.4, 0.5) is 0 Å². The summed E-state index contributed by atoms with van der Waals surface area (Å²) in [6.45, 7) is 4.19. The maximum Gasteiger partial charge on any atom is 0.156 e. The van der Waals surface area contributed by atoms with Crippen molar-refractivity contribution in [2.24, 2.45) is 5.92 Å². The van der Waals surface area contributed by atoms with E-state index < -0.39 is 0 Å². The van der Waals surface area contributed by atoms with Crippen LogP contribution in [0, 0.1) is 5.92 Å². The largest absolute Gasteiger partial charge is 0.297 e. The maximum absolute atomic E-state index is 11.6. The van der Waals surface area contributed by atoms with Crippen molar-refractivity contribution >= 4 is 16.7 Å². The molecule has 15 heavy (non-hydrogen) atoms. The lowest BCUT2D eigenvalue weighted by Gasteiger charge is -2.05. The molecule has 3 heteroatoms. The molecule has 2 rings (SSSR count). The van der Waals surface area contributed by atoms with Gasteiger partial charge >= 0.3 is 0 Å². The van der Waals surface area contributed by atoms with E-state index in [1.54, 1.807) is 10.9 Å². The second-order valence-corrected chi connectivity index (χ2v) is 3.98. The van der Waals surface area contributed by atoms with Gasteiger partial charge in [-0.15, -0.1) is 0 Å². The number of fused-ring (bicyclic) bond motifs is 1. The number of carbonyl (C=O) groups excluding carboxylic acids is 1. The predicted molar refractivity (Wildman–Crippen MR) is 59.6 cm³/mol. The van der Waals surface area contributed by atoms with E-state index in [2.05, 4.69) is 5.10 Å². The Balaban J connectivity index is 2.33. The fraction of sp³-hybridized carbons (Fsp3) is 0.333. The molecule has 1 aromatic heterocycles. The molecule has 0 saturated heterocycles. The van der Waals surface area contributed by atoms with Gasteiger partial charge in [-0.25, -0.2) is 0 Å². The summed E-state index contributed by atoms with van der Waals surface area (Å²) in [5.41, 5.74) is 1.02. The molecule has 0 N–H and O–H groups in total. The molecule has 0 saturated carbocycles. The van der Waals surface area contributed by atoms with E-state index in [-0.39, 0.29) is 11.7 Å². The summed E-state index contributed by atoms with van der Waals surface area (Å²) in [7, 11) is 0. The Morgan fingerprint density at radius 3 is 2.87 bits per heavy atom. The molecule has 0 aliphatic carbocycles. The van der Waals surface area contributed by atoms with Crippen molar-refractivity contribution < 1.29 is 4.79 Å². The van der Waals surface area contributed by atoms with Crippen molar-refractivity contribution in [3.05, 3.63) is 30.5 Å². The molecule has 0 radical (unpaired) electrons. The highest BCUT2D eigenvalue weighted by atomic mass is 16.1. The summed E-state index contributed by atoms with van der Waals surface area (Å²) in [4.78, 5) is 11.6. The summed E-state index contributed by atoms with van der Waals surface area (Å²) in [5, 5.41) is 5.29. The van der Waals surface area contributed by atoms with E-state index in [0.717, 1.165) is 10.9 Å². The second-order valence-electron chi connectivity index (χ2n) is 3.98. The zero-order chi connectivity index (χ0) is 10.8. The van der Waals surface area contributed by atoms with Crippen LogP contribution in [0.15, 0.2) is 30.5 Å². The molecule has 0 aliphatic rings. The van der Waals surface area contributed by atoms with Crippen LogP contribution in [0.1, 0.15) is 13.8 Å². The quantitative estimate of drug-likeness (QED) is 0.765. The molecular formula is C12H14N2O. The van der Waals surface area contributed by atoms with Gasteiger partial charge in [-0.2, -0.15) is 5.10 Å². The van der Waals surface area contributed by atoms with Crippen molar-refractivity contribution in [3.63, 3.8) is 0 Å². The number of hydrogen-bond donors (Lipinski definition) is 0. The Hall–Kier alpha value is -1.64. The third-order valence-corrected chi connectivity index (χ3v) is 2.50. The first-order chi connectivity index (χ1) is 7.18. The maximum atomic E-state index is 11.6. The number of Topliss-reactive ketones (excluding diaryl/α,β-unsaturated/α-hetero) is 1. The minimum atomic E-state index is 0.0629. The average molecular weight is 202 g/mol. The molecule has 0 fully saturated rings. The van der Waals surface area contributed by atoms with Gasteiger partial charge in [0, 0.05) is 11.3 Å². The highest BCUT2D eigenvalue weighted by Crippen LogP contribution is 2.13. The second kappa shape index (κ2) is 3.85. The Labute approximate surface area is 88.7 Å². The number of ketones is 1. The zero-order valence-electron chi connectivity index (χ0n) is 8.97. The van der Waals surface area contributed by atoms with Crippen LogP contribution < -0.4 is 0 Å². The lowest BCUT2D eigenvalue weighted by atomic mass is 10.1. The third kappa shape index (κ3) is 1.91. The smallest absolute Gasteiger partial charge is 0.156 e. The highest BCUT2D eigenvalue weighted by molar-refractivity contribution is 5.83. The number of hydrogen-bond acceptors (Lipinski definition) is 2. The Morgan fingerprint density at radius 1 is 1.40 bits per heavy atom. The molecule has 0 bridgehead atoms. The summed E-state index contributed by atoms with van der Waals surface area (Å²) < 4.78 is 1.76. The Morgan fingerprint density at radius 2 is 2.13 bits per heavy atom. The average Bonchev–Trinajstić information content (AvgIpc) is 2.62. The van der Waals surface area contributed by atoms with Crippen LogP contribution in [0.5, 0.6) is 0 Å². The number of carbonyl (C=O) groups is 1. The van der Waals surface area contributed by atoms with E-state index in [0.29, 0.717) is 6.54 Å². The first-order valence-corrected chi connectivity index (χ1v) is 5.12. The zero-order valence-corrected chi connectivity index (χ0v) is 8.97. The minimum absolute atomic E-state index is 0.0629. The molecule has 0 spiro atoms. The Bertz CT molecular complexity index is 485. The third-order valence-electron chi connectivity index (χ3n) is 2.50. The van der Waals surface area contributed by atoms with Crippen molar-refractivity contribution in [1.82, 2.24) is 9.78 Å². The van der Waals surface area contributed by atoms with Gasteiger partial charge in [0.1, 0.15) is 6.54 Å². The molecule has 0 unspecified atom stereocenters. The van der Waals surface area contributed by atoms with Gasteiger partial charge in [-0.05, 0) is 6.07 Å². The molecule has 1 aromatic carbocycles. The van der Waals surface area contributed by atoms with Gasteiger partial charge in [0.15, 0.2) is 5.78 Å². The van der Waals surface area contributed by atoms with Crippen molar-refractivity contribution in [3.8, 4) is 0 Å². The van der Waals surface area contributed by atoms with Gasteiger partial charge in [0.2, 0.25) is 0 Å². The van der Waals surface area contributed by atoms with Crippen LogP contribution in [-0.4, -0.2) is 15.6 Å². The molecule has 0 atom stereocenters. The molecule has 0 amide bonds. The highest BCUT2D eigenvalue weighted by Gasteiger charge is 2.10. The normalized spacial score (nSPS) is 11.1. The predicted octanol–water partition coefficient (Wildman–Crippen LogP) is 2.26. The van der Waals surface area contributed by atoms with E-state index in [4.69, 9.17) is 0 Å². The summed E-state index contributed by atoms with van der Waals surface area (Å²) in [5.74, 6) is 0.275. The number of para-hydroxylation sites is 1. The SMILES string of the molecule is CC(C)C(=O)Cn1ncc2ccccc21. The van der Waals surface area contributed by atoms with Crippen molar-refractivity contribution in [2.75, 3.05) is 0 Å². The van der Waals surface area contributed by atoms with Crippen LogP contribution in [0.3, 0.4) is 0 Å². The van der Waals surface area contributed by atoms with Gasteiger partial charge < -0.3 is 0 Å². The van der Waals surface area contributed by atoms with Gasteiger partial charge in [-0.3, -0.25) is 9.48 Å². The summed E-state index contributed by atoms with van der Waals surface area (Å²) >= 11 is 0. The topological polar surface area (TPSA) is 34.9 Å². The Kier molecular flexibility index (Phi) is 2.54. The van der Waals surface area contributed by atoms with Gasteiger partial charge in [-0.1, -0.05) is 32.0 Å². The number of benzene rings is 1. The van der Waals surface area contributed by atoms with E-state index in [9.17, 15) is 4.79 Å². The monoisotopic (exact) mass is 202 g/mol. The van der Waals surface area contributed by atoms with Crippen molar-refractivity contribution in [2.45, 2.75) is 20.4 Å². The van der Waals surface area contributed by atoms with Crippen LogP contribution >= 0.6 is 0 Å². The van der Waals surface area contributed by atoms with Crippen molar-refractivity contribution in [1.29, 1.82) is 0 Å². The lowest BCUT2D eigenvalue weighted by Crippen LogP contribution is -2.16. The van der Waals surface area contributed by atoms with Crippen LogP contribution in [-0.2, 0) is 11.3 Å². The standard InChI is InChI=1S/C12H14N2O/c1-9(2)12(15)8-14-11-6-4-3-5-10(11)7-13-14/h3-7,9H,8H2,1-2H3. The van der Waals surface area contributed by atoms with Crippen LogP contribution in [0.2, 0.25) is 0 Å². The number of rotatable bonds is 3. The van der Waals surface area contributed by atoms with E-state index in [1.807, 2.05) is 38.1 Å². The molecule has 3 nitrogen and oxygen atoms in total.